The topological polar surface area (TPSA) is 72.5 Å². The Bertz CT molecular complexity index is 400. The number of Topliss-reactive ketones (excluding diaryl/α,β-unsaturated/α-hetero) is 1. The largest absolute Gasteiger partial charge is 0.366 e. The van der Waals surface area contributed by atoms with Crippen molar-refractivity contribution in [3.63, 3.8) is 0 Å². The monoisotopic (exact) mass is 231 g/mol. The van der Waals surface area contributed by atoms with Crippen LogP contribution < -0.4 is 4.72 Å². The van der Waals surface area contributed by atoms with Crippen molar-refractivity contribution in [2.45, 2.75) is 18.6 Å². The van der Waals surface area contributed by atoms with Gasteiger partial charge in [0.25, 0.3) is 0 Å². The minimum absolute atomic E-state index is 0.0670. The van der Waals surface area contributed by atoms with Gasteiger partial charge in [-0.15, -0.1) is 0 Å². The second-order valence-corrected chi connectivity index (χ2v) is 5.75. The summed E-state index contributed by atoms with van der Waals surface area (Å²) in [6.45, 7) is 0.124. The van der Waals surface area contributed by atoms with Gasteiger partial charge in [0.2, 0.25) is 10.0 Å². The number of hydrogen-bond acceptors (Lipinski definition) is 4. The fourth-order valence-corrected chi connectivity index (χ4v) is 2.36. The van der Waals surface area contributed by atoms with Crippen LogP contribution >= 0.6 is 0 Å². The van der Waals surface area contributed by atoms with Gasteiger partial charge in [-0.1, -0.05) is 12.2 Å². The lowest BCUT2D eigenvalue weighted by Gasteiger charge is -2.28. The van der Waals surface area contributed by atoms with Crippen LogP contribution in [0.4, 0.5) is 0 Å². The Morgan fingerprint density at radius 2 is 2.27 bits per heavy atom. The minimum Gasteiger partial charge on any atom is -0.366 e. The molecule has 1 saturated heterocycles. The molecule has 2 aliphatic rings. The molecule has 0 aromatic rings. The highest BCUT2D eigenvalue weighted by Gasteiger charge is 2.38. The summed E-state index contributed by atoms with van der Waals surface area (Å²) in [4.78, 5) is 11.6. The van der Waals surface area contributed by atoms with Crippen molar-refractivity contribution in [2.24, 2.45) is 5.92 Å². The van der Waals surface area contributed by atoms with Gasteiger partial charge in [0.05, 0.1) is 24.4 Å². The maximum Gasteiger partial charge on any atom is 0.208 e. The molecule has 0 aromatic heterocycles. The van der Waals surface area contributed by atoms with E-state index in [4.69, 9.17) is 4.74 Å². The number of sulfonamides is 1. The lowest BCUT2D eigenvalue weighted by molar-refractivity contribution is -0.135. The maximum absolute atomic E-state index is 11.6. The van der Waals surface area contributed by atoms with E-state index in [9.17, 15) is 13.2 Å². The quantitative estimate of drug-likeness (QED) is 0.661. The zero-order chi connectivity index (χ0) is 11.1. The molecule has 2 aliphatic heterocycles. The van der Waals surface area contributed by atoms with Crippen molar-refractivity contribution in [2.75, 3.05) is 12.8 Å². The van der Waals surface area contributed by atoms with Crippen molar-refractivity contribution < 1.29 is 17.9 Å². The summed E-state index contributed by atoms with van der Waals surface area (Å²) in [5.41, 5.74) is 0. The fraction of sp³-hybridized carbons (Fsp3) is 0.667. The van der Waals surface area contributed by atoms with Gasteiger partial charge < -0.3 is 4.74 Å². The Hall–Kier alpha value is -0.720. The Labute approximate surface area is 88.5 Å². The Morgan fingerprint density at radius 3 is 2.93 bits per heavy atom. The van der Waals surface area contributed by atoms with Gasteiger partial charge >= 0.3 is 0 Å². The number of ether oxygens (including phenoxy) is 1. The lowest BCUT2D eigenvalue weighted by Crippen LogP contribution is -2.43. The maximum atomic E-state index is 11.6. The first-order valence-corrected chi connectivity index (χ1v) is 6.66. The van der Waals surface area contributed by atoms with Crippen molar-refractivity contribution in [1.29, 1.82) is 0 Å². The first-order chi connectivity index (χ1) is 6.96. The fourth-order valence-electron chi connectivity index (χ4n) is 1.88. The van der Waals surface area contributed by atoms with E-state index in [-0.39, 0.29) is 30.5 Å². The molecule has 3 atom stereocenters. The number of hydrogen-bond donors (Lipinski definition) is 1. The summed E-state index contributed by atoms with van der Waals surface area (Å²) in [5, 5.41) is 0. The van der Waals surface area contributed by atoms with Crippen molar-refractivity contribution in [3.05, 3.63) is 12.2 Å². The van der Waals surface area contributed by atoms with Gasteiger partial charge in [-0.2, -0.15) is 0 Å². The molecule has 2 bridgehead atoms. The SMILES string of the molecule is CS(=O)(=O)NC[C@@H]1C(=O)C[C@@H]2C=C[C@H]1O2. The molecule has 0 radical (unpaired) electrons. The number of fused-ring (bicyclic) bond motifs is 2. The number of carbonyl (C=O) groups is 1. The standard InChI is InChI=1S/C9H13NO4S/c1-15(12,13)10-5-7-8(11)4-6-2-3-9(7)14-6/h2-3,6-7,9-10H,4-5H2,1H3/t6-,7+,9+/m0/s1. The molecule has 84 valence electrons. The molecule has 2 rings (SSSR count). The van der Waals surface area contributed by atoms with E-state index in [1.165, 1.54) is 0 Å². The van der Waals surface area contributed by atoms with Crippen LogP contribution in [-0.2, 0) is 19.6 Å². The molecule has 0 saturated carbocycles. The van der Waals surface area contributed by atoms with Gasteiger partial charge in [-0.05, 0) is 0 Å². The van der Waals surface area contributed by atoms with Crippen molar-refractivity contribution >= 4 is 15.8 Å². The molecule has 5 nitrogen and oxygen atoms in total. The second kappa shape index (κ2) is 3.70. The Kier molecular flexibility index (Phi) is 2.66. The molecule has 0 aliphatic carbocycles. The summed E-state index contributed by atoms with van der Waals surface area (Å²) < 4.78 is 29.6. The molecule has 0 amide bonds. The van der Waals surface area contributed by atoms with Gasteiger partial charge in [0, 0.05) is 13.0 Å². The number of carbonyl (C=O) groups excluding carboxylic acids is 1. The minimum atomic E-state index is -3.25. The number of ketones is 1. The third-order valence-electron chi connectivity index (χ3n) is 2.63. The molecule has 15 heavy (non-hydrogen) atoms. The smallest absolute Gasteiger partial charge is 0.208 e. The molecule has 0 spiro atoms. The zero-order valence-corrected chi connectivity index (χ0v) is 9.16. The van der Waals surface area contributed by atoms with Crippen LogP contribution in [0.1, 0.15) is 6.42 Å². The predicted octanol–water partition coefficient (Wildman–Crippen LogP) is -0.552. The summed E-state index contributed by atoms with van der Waals surface area (Å²) in [7, 11) is -3.25. The summed E-state index contributed by atoms with van der Waals surface area (Å²) in [6.07, 6.45) is 4.77. The lowest BCUT2D eigenvalue weighted by atomic mass is 9.94. The number of nitrogens with one attached hydrogen (secondary N) is 1. The average molecular weight is 231 g/mol. The van der Waals surface area contributed by atoms with E-state index in [2.05, 4.69) is 4.72 Å². The van der Waals surface area contributed by atoms with E-state index in [0.29, 0.717) is 6.42 Å². The Morgan fingerprint density at radius 1 is 1.53 bits per heavy atom. The first-order valence-electron chi connectivity index (χ1n) is 4.77. The van der Waals surface area contributed by atoms with Crippen molar-refractivity contribution in [3.8, 4) is 0 Å². The third-order valence-corrected chi connectivity index (χ3v) is 3.32. The van der Waals surface area contributed by atoms with E-state index in [0.717, 1.165) is 6.26 Å². The number of rotatable bonds is 3. The summed E-state index contributed by atoms with van der Waals surface area (Å²) in [6, 6.07) is 0. The second-order valence-electron chi connectivity index (χ2n) is 3.92. The molecule has 1 fully saturated rings. The zero-order valence-electron chi connectivity index (χ0n) is 8.34. The highest BCUT2D eigenvalue weighted by Crippen LogP contribution is 2.28. The highest BCUT2D eigenvalue weighted by atomic mass is 32.2. The van der Waals surface area contributed by atoms with E-state index < -0.39 is 10.0 Å². The summed E-state index contributed by atoms with van der Waals surface area (Å²) in [5.74, 6) is -0.313. The summed E-state index contributed by atoms with van der Waals surface area (Å²) >= 11 is 0. The van der Waals surface area contributed by atoms with Gasteiger partial charge in [-0.25, -0.2) is 13.1 Å². The normalized spacial score (nSPS) is 34.7. The van der Waals surface area contributed by atoms with Crippen LogP contribution in [0.5, 0.6) is 0 Å². The third kappa shape index (κ3) is 2.45. The van der Waals surface area contributed by atoms with Crippen LogP contribution in [0.3, 0.4) is 0 Å². The first kappa shape index (κ1) is 10.8. The van der Waals surface area contributed by atoms with Crippen molar-refractivity contribution in [1.82, 2.24) is 4.72 Å². The molecule has 0 aromatic carbocycles. The molecule has 1 N–H and O–H groups in total. The molecule has 2 heterocycles. The Balaban J connectivity index is 2.02. The van der Waals surface area contributed by atoms with Crippen LogP contribution in [-0.4, -0.2) is 39.2 Å². The van der Waals surface area contributed by atoms with Crippen LogP contribution in [0.25, 0.3) is 0 Å². The van der Waals surface area contributed by atoms with Crippen LogP contribution in [0.2, 0.25) is 0 Å². The van der Waals surface area contributed by atoms with E-state index in [1.807, 2.05) is 12.2 Å². The molecular weight excluding hydrogens is 218 g/mol. The molecule has 0 unspecified atom stereocenters. The van der Waals surface area contributed by atoms with E-state index in [1.54, 1.807) is 0 Å². The average Bonchev–Trinajstić information content (AvgIpc) is 2.46. The van der Waals surface area contributed by atoms with Gasteiger partial charge in [0.1, 0.15) is 5.78 Å². The van der Waals surface area contributed by atoms with Gasteiger partial charge in [0.15, 0.2) is 0 Å². The van der Waals surface area contributed by atoms with E-state index >= 15 is 0 Å². The predicted molar refractivity (Wildman–Crippen MR) is 53.8 cm³/mol. The van der Waals surface area contributed by atoms with Crippen LogP contribution in [0, 0.1) is 5.92 Å². The van der Waals surface area contributed by atoms with Gasteiger partial charge in [-0.3, -0.25) is 4.79 Å². The van der Waals surface area contributed by atoms with Crippen LogP contribution in [0.15, 0.2) is 12.2 Å². The highest BCUT2D eigenvalue weighted by molar-refractivity contribution is 7.88. The molecular formula is C9H13NO4S. The molecule has 6 heteroatoms.